The summed E-state index contributed by atoms with van der Waals surface area (Å²) >= 11 is 0. The van der Waals surface area contributed by atoms with E-state index in [0.717, 1.165) is 11.1 Å². The molecule has 0 aliphatic rings. The first kappa shape index (κ1) is 25.5. The van der Waals surface area contributed by atoms with Crippen LogP contribution in [0.1, 0.15) is 45.2 Å². The molecule has 8 heteroatoms. The molecule has 0 bridgehead atoms. The summed E-state index contributed by atoms with van der Waals surface area (Å²) in [5, 5.41) is 2.57. The smallest absolute Gasteiger partial charge is 0.242 e. The molecule has 0 aromatic heterocycles. The highest BCUT2D eigenvalue weighted by Crippen LogP contribution is 2.23. The molecule has 0 saturated carbocycles. The normalized spacial score (nSPS) is 11.8. The maximum absolute atomic E-state index is 12.4. The van der Waals surface area contributed by atoms with Crippen molar-refractivity contribution in [2.75, 3.05) is 19.6 Å². The lowest BCUT2D eigenvalue weighted by Crippen LogP contribution is -2.40. The van der Waals surface area contributed by atoms with Crippen LogP contribution < -0.4 is 10.0 Å². The van der Waals surface area contributed by atoms with Crippen LogP contribution in [0.2, 0.25) is 0 Å². The maximum atomic E-state index is 12.4. The highest BCUT2D eigenvalue weighted by atomic mass is 32.2. The van der Waals surface area contributed by atoms with Crippen molar-refractivity contribution in [2.45, 2.75) is 51.0 Å². The predicted octanol–water partition coefficient (Wildman–Crippen LogP) is 2.82. The van der Waals surface area contributed by atoms with Crippen LogP contribution in [0.15, 0.2) is 59.5 Å². The van der Waals surface area contributed by atoms with Gasteiger partial charge in [0.15, 0.2) is 0 Å². The van der Waals surface area contributed by atoms with Crippen molar-refractivity contribution in [1.29, 1.82) is 0 Å². The number of benzene rings is 2. The lowest BCUT2D eigenvalue weighted by molar-refractivity contribution is -0.133. The fourth-order valence-corrected chi connectivity index (χ4v) is 4.10. The Balaban J connectivity index is 1.79. The van der Waals surface area contributed by atoms with Gasteiger partial charge >= 0.3 is 0 Å². The van der Waals surface area contributed by atoms with Gasteiger partial charge in [-0.1, -0.05) is 63.2 Å². The van der Waals surface area contributed by atoms with Gasteiger partial charge in [-0.05, 0) is 35.6 Å². The summed E-state index contributed by atoms with van der Waals surface area (Å²) < 4.78 is 27.3. The van der Waals surface area contributed by atoms with E-state index in [-0.39, 0.29) is 41.6 Å². The van der Waals surface area contributed by atoms with Gasteiger partial charge in [0.2, 0.25) is 21.8 Å². The Hall–Kier alpha value is -2.71. The molecule has 174 valence electrons. The number of nitrogens with one attached hydrogen (secondary N) is 2. The van der Waals surface area contributed by atoms with Crippen LogP contribution in [-0.4, -0.2) is 44.8 Å². The number of sulfonamides is 1. The Morgan fingerprint density at radius 2 is 1.59 bits per heavy atom. The van der Waals surface area contributed by atoms with E-state index in [1.54, 1.807) is 29.2 Å². The predicted molar refractivity (Wildman–Crippen MR) is 125 cm³/mol. The first-order valence-electron chi connectivity index (χ1n) is 10.7. The van der Waals surface area contributed by atoms with Crippen molar-refractivity contribution in [3.05, 3.63) is 65.7 Å². The van der Waals surface area contributed by atoms with E-state index in [1.807, 2.05) is 37.3 Å². The zero-order valence-corrected chi connectivity index (χ0v) is 20.0. The van der Waals surface area contributed by atoms with Crippen LogP contribution >= 0.6 is 0 Å². The molecule has 0 heterocycles. The molecule has 0 saturated heterocycles. The molecule has 32 heavy (non-hydrogen) atoms. The molecule has 0 atom stereocenters. The Morgan fingerprint density at radius 3 is 2.16 bits per heavy atom. The summed E-state index contributed by atoms with van der Waals surface area (Å²) in [6.07, 6.45) is -0.0581. The van der Waals surface area contributed by atoms with E-state index >= 15 is 0 Å². The second-order valence-electron chi connectivity index (χ2n) is 8.59. The van der Waals surface area contributed by atoms with Gasteiger partial charge in [0, 0.05) is 26.1 Å². The molecule has 0 aliphatic heterocycles. The zero-order chi connectivity index (χ0) is 23.8. The molecule has 0 unspecified atom stereocenters. The average molecular weight is 460 g/mol. The van der Waals surface area contributed by atoms with Crippen molar-refractivity contribution in [3.8, 4) is 0 Å². The number of rotatable bonds is 10. The monoisotopic (exact) mass is 459 g/mol. The molecule has 2 rings (SSSR count). The number of amides is 2. The van der Waals surface area contributed by atoms with Gasteiger partial charge in [0.05, 0.1) is 11.4 Å². The minimum absolute atomic E-state index is 0.0507. The van der Waals surface area contributed by atoms with Crippen LogP contribution in [-0.2, 0) is 31.6 Å². The fourth-order valence-electron chi connectivity index (χ4n) is 3.07. The van der Waals surface area contributed by atoms with Crippen LogP contribution in [0.25, 0.3) is 0 Å². The Kier molecular flexibility index (Phi) is 8.98. The molecule has 0 fully saturated rings. The van der Waals surface area contributed by atoms with Crippen LogP contribution in [0, 0.1) is 0 Å². The highest BCUT2D eigenvalue weighted by Gasteiger charge is 2.18. The Morgan fingerprint density at radius 1 is 0.969 bits per heavy atom. The number of hydrogen-bond donors (Lipinski definition) is 2. The van der Waals surface area contributed by atoms with E-state index < -0.39 is 10.0 Å². The number of nitrogens with zero attached hydrogens (tertiary/aromatic N) is 1. The van der Waals surface area contributed by atoms with Crippen LogP contribution in [0.5, 0.6) is 0 Å². The topological polar surface area (TPSA) is 95.6 Å². The number of carbonyl (C=O) groups excluding carboxylic acids is 2. The number of carbonyl (C=O) groups is 2. The van der Waals surface area contributed by atoms with E-state index in [0.29, 0.717) is 13.1 Å². The van der Waals surface area contributed by atoms with E-state index in [2.05, 4.69) is 30.8 Å². The summed E-state index contributed by atoms with van der Waals surface area (Å²) in [6, 6.07) is 16.3. The summed E-state index contributed by atoms with van der Waals surface area (Å²) in [5.74, 6) is -0.580. The second-order valence-corrected chi connectivity index (χ2v) is 10.4. The Labute approximate surface area is 191 Å². The van der Waals surface area contributed by atoms with E-state index in [9.17, 15) is 18.0 Å². The molecule has 7 nitrogen and oxygen atoms in total. The molecule has 2 N–H and O–H groups in total. The maximum Gasteiger partial charge on any atom is 0.242 e. The lowest BCUT2D eigenvalue weighted by Gasteiger charge is -2.21. The second kappa shape index (κ2) is 11.2. The highest BCUT2D eigenvalue weighted by molar-refractivity contribution is 7.89. The van der Waals surface area contributed by atoms with Crippen molar-refractivity contribution >= 4 is 21.8 Å². The van der Waals surface area contributed by atoms with Gasteiger partial charge in [-0.2, -0.15) is 0 Å². The minimum Gasteiger partial charge on any atom is -0.347 e. The SMILES string of the molecule is CCN(Cc1ccccc1)C(=O)CNC(=O)CCNS(=O)(=O)c1ccc(C(C)(C)C)cc1. The molecule has 2 aromatic rings. The number of hydrogen-bond acceptors (Lipinski definition) is 4. The van der Waals surface area contributed by atoms with Crippen molar-refractivity contribution in [2.24, 2.45) is 0 Å². The third-order valence-corrected chi connectivity index (χ3v) is 6.54. The van der Waals surface area contributed by atoms with E-state index in [1.165, 1.54) is 0 Å². The fraction of sp³-hybridized carbons (Fsp3) is 0.417. The standard InChI is InChI=1S/C24H33N3O4S/c1-5-27(18-19-9-7-6-8-10-19)23(29)17-25-22(28)15-16-26-32(30,31)21-13-11-20(12-14-21)24(2,3)4/h6-14,26H,5,15-18H2,1-4H3,(H,25,28). The summed E-state index contributed by atoms with van der Waals surface area (Å²) in [6.45, 7) is 8.87. The zero-order valence-electron chi connectivity index (χ0n) is 19.2. The molecule has 2 amide bonds. The molecular weight excluding hydrogens is 426 g/mol. The first-order valence-corrected chi connectivity index (χ1v) is 12.2. The number of likely N-dealkylation sites (N-methyl/N-ethyl adjacent to an activating group) is 1. The molecular formula is C24H33N3O4S. The van der Waals surface area contributed by atoms with Gasteiger partial charge in [-0.3, -0.25) is 9.59 Å². The van der Waals surface area contributed by atoms with Gasteiger partial charge in [-0.25, -0.2) is 13.1 Å². The average Bonchev–Trinajstić information content (AvgIpc) is 2.76. The van der Waals surface area contributed by atoms with Crippen LogP contribution in [0.4, 0.5) is 0 Å². The van der Waals surface area contributed by atoms with Gasteiger partial charge in [0.1, 0.15) is 0 Å². The summed E-state index contributed by atoms with van der Waals surface area (Å²) in [5.41, 5.74) is 1.98. The first-order chi connectivity index (χ1) is 15.0. The largest absolute Gasteiger partial charge is 0.347 e. The minimum atomic E-state index is -3.71. The Bertz CT molecular complexity index is 998. The van der Waals surface area contributed by atoms with E-state index in [4.69, 9.17) is 0 Å². The lowest BCUT2D eigenvalue weighted by atomic mass is 9.87. The van der Waals surface area contributed by atoms with Gasteiger partial charge < -0.3 is 10.2 Å². The quantitative estimate of drug-likeness (QED) is 0.571. The van der Waals surface area contributed by atoms with Crippen molar-refractivity contribution in [1.82, 2.24) is 14.9 Å². The van der Waals surface area contributed by atoms with Crippen LogP contribution in [0.3, 0.4) is 0 Å². The molecule has 0 radical (unpaired) electrons. The van der Waals surface area contributed by atoms with Crippen molar-refractivity contribution < 1.29 is 18.0 Å². The van der Waals surface area contributed by atoms with Crippen molar-refractivity contribution in [3.63, 3.8) is 0 Å². The van der Waals surface area contributed by atoms with Gasteiger partial charge in [-0.15, -0.1) is 0 Å². The van der Waals surface area contributed by atoms with Gasteiger partial charge in [0.25, 0.3) is 0 Å². The summed E-state index contributed by atoms with van der Waals surface area (Å²) in [4.78, 5) is 26.3. The molecule has 0 aliphatic carbocycles. The summed E-state index contributed by atoms with van der Waals surface area (Å²) in [7, 11) is -3.71. The molecule has 2 aromatic carbocycles. The third-order valence-electron chi connectivity index (χ3n) is 5.06. The molecule has 0 spiro atoms. The third kappa shape index (κ3) is 7.76.